The molecule has 9 heteroatoms. The minimum atomic E-state index is 0.109. The zero-order valence-electron chi connectivity index (χ0n) is 20.9. The molecule has 0 aliphatic heterocycles. The number of aryl methyl sites for hydroxylation is 3. The molecule has 3 rings (SSSR count). The third kappa shape index (κ3) is 21.7. The molecular formula is C21H42N8O. The Hall–Kier alpha value is -2.58. The van der Waals surface area contributed by atoms with Crippen LogP contribution in [0.4, 0.5) is 0 Å². The van der Waals surface area contributed by atoms with Crippen LogP contribution in [0.3, 0.4) is 0 Å². The van der Waals surface area contributed by atoms with Crippen molar-refractivity contribution in [2.24, 2.45) is 11.8 Å². The summed E-state index contributed by atoms with van der Waals surface area (Å²) in [6.45, 7) is 24.9. The molecule has 0 aliphatic rings. The van der Waals surface area contributed by atoms with Crippen molar-refractivity contribution < 1.29 is 4.52 Å². The second kappa shape index (κ2) is 16.2. The maximum absolute atomic E-state index is 4.94. The van der Waals surface area contributed by atoms with Crippen molar-refractivity contribution in [2.75, 3.05) is 0 Å². The highest BCUT2D eigenvalue weighted by atomic mass is 16.5. The number of tetrazole rings is 1. The van der Waals surface area contributed by atoms with E-state index in [-0.39, 0.29) is 5.41 Å². The minimum Gasteiger partial charge on any atom is -0.361 e. The Morgan fingerprint density at radius 3 is 1.53 bits per heavy atom. The predicted octanol–water partition coefficient (Wildman–Crippen LogP) is 5.23. The first-order valence-corrected chi connectivity index (χ1v) is 10.2. The van der Waals surface area contributed by atoms with Gasteiger partial charge in [0, 0.05) is 11.5 Å². The molecule has 0 aliphatic carbocycles. The molecule has 0 bridgehead atoms. The molecule has 0 saturated carbocycles. The van der Waals surface area contributed by atoms with E-state index >= 15 is 0 Å². The van der Waals surface area contributed by atoms with E-state index in [9.17, 15) is 0 Å². The number of hydrogen-bond donors (Lipinski definition) is 2. The lowest BCUT2D eigenvalue weighted by atomic mass is 9.92. The van der Waals surface area contributed by atoms with E-state index in [1.165, 1.54) is 0 Å². The van der Waals surface area contributed by atoms with Crippen LogP contribution in [0.15, 0.2) is 16.8 Å². The van der Waals surface area contributed by atoms with Crippen molar-refractivity contribution in [3.63, 3.8) is 0 Å². The van der Waals surface area contributed by atoms with Crippen LogP contribution in [0.2, 0.25) is 0 Å². The minimum absolute atomic E-state index is 0.109. The van der Waals surface area contributed by atoms with Crippen molar-refractivity contribution in [1.82, 2.24) is 41.2 Å². The first-order chi connectivity index (χ1) is 13.8. The molecule has 0 radical (unpaired) electrons. The van der Waals surface area contributed by atoms with Gasteiger partial charge in [0.1, 0.15) is 5.76 Å². The SMILES string of the molecule is CC(C)C.CC(C)C.Cc1cc(C(C)(C)C)no1.Cc1cn[nH]n1.Cc1nn[nH]n1. The summed E-state index contributed by atoms with van der Waals surface area (Å²) in [5.74, 6) is 3.22. The second-order valence-electron chi connectivity index (χ2n) is 9.11. The molecule has 0 atom stereocenters. The monoisotopic (exact) mass is 422 g/mol. The lowest BCUT2D eigenvalue weighted by Gasteiger charge is -2.12. The zero-order chi connectivity index (χ0) is 23.7. The lowest BCUT2D eigenvalue weighted by molar-refractivity contribution is 0.375. The highest BCUT2D eigenvalue weighted by Gasteiger charge is 2.17. The van der Waals surface area contributed by atoms with Crippen LogP contribution >= 0.6 is 0 Å². The standard InChI is InChI=1S/C8H13NO.2C4H10.C3H5N3.C2H4N4/c1-6-5-7(9-10-6)8(2,3)4;2*1-4(2)3;1-3-2-4-6-5-3;1-2-3-5-6-4-2/h5H,1-4H3;2*4H,1-3H3;2H,1H3,(H,4,5,6);1H3,(H,3,4,5,6). The van der Waals surface area contributed by atoms with E-state index in [1.54, 1.807) is 13.1 Å². The van der Waals surface area contributed by atoms with Gasteiger partial charge in [0.2, 0.25) is 0 Å². The summed E-state index contributed by atoms with van der Waals surface area (Å²) in [5.41, 5.74) is 2.05. The quantitative estimate of drug-likeness (QED) is 0.508. The van der Waals surface area contributed by atoms with Gasteiger partial charge >= 0.3 is 0 Å². The van der Waals surface area contributed by atoms with Gasteiger partial charge in [-0.2, -0.15) is 20.6 Å². The Bertz CT molecular complexity index is 667. The van der Waals surface area contributed by atoms with Crippen LogP contribution in [0.25, 0.3) is 0 Å². The molecule has 0 aromatic carbocycles. The van der Waals surface area contributed by atoms with Crippen LogP contribution in [0.5, 0.6) is 0 Å². The van der Waals surface area contributed by atoms with E-state index in [2.05, 4.69) is 104 Å². The summed E-state index contributed by atoms with van der Waals surface area (Å²) in [7, 11) is 0. The van der Waals surface area contributed by atoms with E-state index in [0.717, 1.165) is 29.0 Å². The van der Waals surface area contributed by atoms with Crippen LogP contribution in [-0.2, 0) is 5.41 Å². The molecule has 0 spiro atoms. The Kier molecular flexibility index (Phi) is 16.0. The largest absolute Gasteiger partial charge is 0.361 e. The molecule has 0 saturated heterocycles. The highest BCUT2D eigenvalue weighted by Crippen LogP contribution is 2.20. The Labute approximate surface area is 181 Å². The van der Waals surface area contributed by atoms with Gasteiger partial charge in [-0.15, -0.1) is 10.2 Å². The fourth-order valence-corrected chi connectivity index (χ4v) is 1.19. The Morgan fingerprint density at radius 2 is 1.40 bits per heavy atom. The average molecular weight is 423 g/mol. The smallest absolute Gasteiger partial charge is 0.171 e. The van der Waals surface area contributed by atoms with Gasteiger partial charge in [0.25, 0.3) is 0 Å². The third-order valence-corrected chi connectivity index (χ3v) is 2.38. The van der Waals surface area contributed by atoms with E-state index < -0.39 is 0 Å². The van der Waals surface area contributed by atoms with Crippen molar-refractivity contribution in [3.05, 3.63) is 35.2 Å². The molecule has 0 amide bonds. The van der Waals surface area contributed by atoms with Crippen molar-refractivity contribution >= 4 is 0 Å². The molecule has 30 heavy (non-hydrogen) atoms. The molecule has 9 nitrogen and oxygen atoms in total. The average Bonchev–Trinajstić information content (AvgIpc) is 3.31. The van der Waals surface area contributed by atoms with Gasteiger partial charge in [-0.1, -0.05) is 72.7 Å². The topological polar surface area (TPSA) is 122 Å². The summed E-state index contributed by atoms with van der Waals surface area (Å²) in [6.07, 6.45) is 1.67. The van der Waals surface area contributed by atoms with Crippen LogP contribution in [-0.4, -0.2) is 41.2 Å². The van der Waals surface area contributed by atoms with Crippen molar-refractivity contribution in [2.45, 2.75) is 88.5 Å². The predicted molar refractivity (Wildman–Crippen MR) is 121 cm³/mol. The molecule has 3 aromatic heterocycles. The summed E-state index contributed by atoms with van der Waals surface area (Å²) in [4.78, 5) is 0. The number of rotatable bonds is 0. The number of aromatic amines is 2. The molecule has 3 aromatic rings. The molecule has 2 N–H and O–H groups in total. The number of aromatic nitrogens is 8. The number of H-pyrrole nitrogens is 2. The fourth-order valence-electron chi connectivity index (χ4n) is 1.19. The Morgan fingerprint density at radius 1 is 0.867 bits per heavy atom. The van der Waals surface area contributed by atoms with Crippen molar-refractivity contribution in [3.8, 4) is 0 Å². The summed E-state index contributed by atoms with van der Waals surface area (Å²) in [5, 5.41) is 26.3. The highest BCUT2D eigenvalue weighted by molar-refractivity contribution is 5.12. The van der Waals surface area contributed by atoms with Crippen LogP contribution in [0.1, 0.15) is 85.3 Å². The summed E-state index contributed by atoms with van der Waals surface area (Å²) in [6, 6.07) is 1.97. The number of nitrogens with zero attached hydrogens (tertiary/aromatic N) is 6. The van der Waals surface area contributed by atoms with Crippen LogP contribution < -0.4 is 0 Å². The van der Waals surface area contributed by atoms with E-state index in [0.29, 0.717) is 5.82 Å². The Balaban J connectivity index is 0. The molecule has 0 unspecified atom stereocenters. The number of nitrogens with one attached hydrogen (secondary N) is 2. The summed E-state index contributed by atoms with van der Waals surface area (Å²) < 4.78 is 4.94. The summed E-state index contributed by atoms with van der Waals surface area (Å²) >= 11 is 0. The fraction of sp³-hybridized carbons (Fsp3) is 0.714. The van der Waals surface area contributed by atoms with Gasteiger partial charge in [-0.25, -0.2) is 0 Å². The maximum Gasteiger partial charge on any atom is 0.171 e. The van der Waals surface area contributed by atoms with Gasteiger partial charge in [0.05, 0.1) is 17.6 Å². The molecular weight excluding hydrogens is 380 g/mol. The van der Waals surface area contributed by atoms with E-state index in [1.807, 2.05) is 19.9 Å². The van der Waals surface area contributed by atoms with Crippen LogP contribution in [0, 0.1) is 32.6 Å². The van der Waals surface area contributed by atoms with Gasteiger partial charge in [0.15, 0.2) is 5.82 Å². The lowest BCUT2D eigenvalue weighted by Crippen LogP contribution is -2.10. The van der Waals surface area contributed by atoms with Gasteiger partial charge < -0.3 is 4.52 Å². The van der Waals surface area contributed by atoms with Gasteiger partial charge in [-0.05, 0) is 32.6 Å². The molecule has 0 fully saturated rings. The third-order valence-electron chi connectivity index (χ3n) is 2.38. The molecule has 172 valence electrons. The first kappa shape index (κ1) is 29.6. The van der Waals surface area contributed by atoms with Crippen molar-refractivity contribution in [1.29, 1.82) is 0 Å². The zero-order valence-corrected chi connectivity index (χ0v) is 20.9. The normalized spacial score (nSPS) is 9.93. The first-order valence-electron chi connectivity index (χ1n) is 10.2. The number of hydrogen-bond acceptors (Lipinski definition) is 7. The molecule has 3 heterocycles. The maximum atomic E-state index is 4.94. The second-order valence-corrected chi connectivity index (χ2v) is 9.11. The van der Waals surface area contributed by atoms with Gasteiger partial charge in [-0.3, -0.25) is 0 Å². The van der Waals surface area contributed by atoms with E-state index in [4.69, 9.17) is 4.52 Å².